The Bertz CT molecular complexity index is 757. The van der Waals surface area contributed by atoms with Gasteiger partial charge in [0, 0.05) is 0 Å². The lowest BCUT2D eigenvalue weighted by Gasteiger charge is -2.09. The van der Waals surface area contributed by atoms with E-state index in [1.165, 1.54) is 17.6 Å². The lowest BCUT2D eigenvalue weighted by atomic mass is 10.2. The molecule has 0 atom stereocenters. The van der Waals surface area contributed by atoms with Crippen molar-refractivity contribution in [1.82, 2.24) is 15.0 Å². The van der Waals surface area contributed by atoms with E-state index in [9.17, 15) is 28.1 Å². The molecule has 1 heterocycles. The summed E-state index contributed by atoms with van der Waals surface area (Å²) < 4.78 is 41.0. The molecule has 0 unspecified atom stereocenters. The predicted octanol–water partition coefficient (Wildman–Crippen LogP) is 1.86. The number of carbonyl (C=O) groups excluding carboxylic acids is 1. The van der Waals surface area contributed by atoms with Gasteiger partial charge in [-0.15, -0.1) is 13.2 Å². The number of halogens is 3. The minimum atomic E-state index is -4.82. The first-order valence-electron chi connectivity index (χ1n) is 6.20. The zero-order valence-electron chi connectivity index (χ0n) is 11.6. The van der Waals surface area contributed by atoms with E-state index in [2.05, 4.69) is 9.72 Å². The number of aromatic nitrogens is 2. The first-order chi connectivity index (χ1) is 11.2. The molecule has 0 saturated carbocycles. The van der Waals surface area contributed by atoms with Crippen molar-refractivity contribution in [3.05, 3.63) is 52.0 Å². The molecule has 128 valence electrons. The summed E-state index contributed by atoms with van der Waals surface area (Å²) in [5.74, 6) is -2.55. The average molecular weight is 346 g/mol. The van der Waals surface area contributed by atoms with E-state index in [1.807, 2.05) is 0 Å². The number of alkyl halides is 3. The number of hydroxylamine groups is 1. The quantitative estimate of drug-likeness (QED) is 0.484. The van der Waals surface area contributed by atoms with Crippen molar-refractivity contribution in [3.63, 3.8) is 0 Å². The van der Waals surface area contributed by atoms with Gasteiger partial charge < -0.3 is 14.9 Å². The van der Waals surface area contributed by atoms with E-state index >= 15 is 0 Å². The van der Waals surface area contributed by atoms with Crippen LogP contribution in [-0.2, 0) is 6.54 Å². The summed E-state index contributed by atoms with van der Waals surface area (Å²) in [6.45, 7) is -0.101. The molecule has 0 aliphatic carbocycles. The highest BCUT2D eigenvalue weighted by Crippen LogP contribution is 2.23. The molecule has 12 heteroatoms. The third-order valence-corrected chi connectivity index (χ3v) is 2.77. The molecule has 0 fully saturated rings. The molecule has 0 bridgehead atoms. The van der Waals surface area contributed by atoms with Gasteiger partial charge in [0.25, 0.3) is 0 Å². The molecule has 2 rings (SSSR count). The smallest absolute Gasteiger partial charge is 0.406 e. The molecule has 0 saturated heterocycles. The van der Waals surface area contributed by atoms with E-state index in [0.29, 0.717) is 5.56 Å². The highest BCUT2D eigenvalue weighted by Gasteiger charge is 2.31. The first kappa shape index (κ1) is 17.2. The third kappa shape index (κ3) is 4.19. The van der Waals surface area contributed by atoms with Gasteiger partial charge in [-0.25, -0.2) is 5.48 Å². The van der Waals surface area contributed by atoms with Crippen LogP contribution in [0.15, 0.2) is 30.5 Å². The van der Waals surface area contributed by atoms with Crippen molar-refractivity contribution in [1.29, 1.82) is 0 Å². The zero-order chi connectivity index (χ0) is 17.9. The Morgan fingerprint density at radius 1 is 1.38 bits per heavy atom. The van der Waals surface area contributed by atoms with Gasteiger partial charge in [-0.2, -0.15) is 0 Å². The standard InChI is InChI=1S/C12H9F3N4O5/c13-12(14,15)24-8-3-1-7(2-4-8)5-18-6-9(19(22)23)16-10(18)11(20)17-21/h1-4,6,21H,5H2,(H,17,20). The topological polar surface area (TPSA) is 120 Å². The fraction of sp³-hybridized carbons (Fsp3) is 0.167. The summed E-state index contributed by atoms with van der Waals surface area (Å²) in [7, 11) is 0. The Balaban J connectivity index is 2.24. The van der Waals surface area contributed by atoms with Crippen LogP contribution in [0.3, 0.4) is 0 Å². The molecular weight excluding hydrogens is 337 g/mol. The second kappa shape index (κ2) is 6.54. The van der Waals surface area contributed by atoms with Gasteiger partial charge in [-0.05, 0) is 27.6 Å². The van der Waals surface area contributed by atoms with Crippen LogP contribution in [-0.4, -0.2) is 32.0 Å². The fourth-order valence-electron chi connectivity index (χ4n) is 1.84. The number of nitrogens with one attached hydrogen (secondary N) is 1. The number of carbonyl (C=O) groups is 1. The maximum atomic E-state index is 12.1. The number of imidazole rings is 1. The highest BCUT2D eigenvalue weighted by atomic mass is 19.4. The number of nitro groups is 1. The summed E-state index contributed by atoms with van der Waals surface area (Å²) in [5, 5.41) is 19.3. The van der Waals surface area contributed by atoms with E-state index in [4.69, 9.17) is 5.21 Å². The van der Waals surface area contributed by atoms with E-state index in [-0.39, 0.29) is 6.54 Å². The van der Waals surface area contributed by atoms with Gasteiger partial charge in [0.15, 0.2) is 0 Å². The Kier molecular flexibility index (Phi) is 4.69. The lowest BCUT2D eigenvalue weighted by molar-refractivity contribution is -0.389. The second-order valence-electron chi connectivity index (χ2n) is 4.44. The Hall–Kier alpha value is -3.15. The van der Waals surface area contributed by atoms with Crippen molar-refractivity contribution in [2.24, 2.45) is 0 Å². The molecule has 2 N–H and O–H groups in total. The van der Waals surface area contributed by atoms with Crippen molar-refractivity contribution in [2.75, 3.05) is 0 Å². The molecule has 1 aromatic heterocycles. The lowest BCUT2D eigenvalue weighted by Crippen LogP contribution is -2.23. The Morgan fingerprint density at radius 2 is 2.00 bits per heavy atom. The second-order valence-corrected chi connectivity index (χ2v) is 4.44. The van der Waals surface area contributed by atoms with Gasteiger partial charge in [0.05, 0.1) is 6.54 Å². The molecule has 0 radical (unpaired) electrons. The molecule has 0 aliphatic heterocycles. The molecule has 2 aromatic rings. The van der Waals surface area contributed by atoms with E-state index in [1.54, 1.807) is 0 Å². The minimum Gasteiger partial charge on any atom is -0.406 e. The molecule has 0 spiro atoms. The molecule has 24 heavy (non-hydrogen) atoms. The van der Waals surface area contributed by atoms with Crippen LogP contribution in [0.4, 0.5) is 19.0 Å². The van der Waals surface area contributed by atoms with Crippen molar-refractivity contribution in [3.8, 4) is 5.75 Å². The highest BCUT2D eigenvalue weighted by molar-refractivity contribution is 5.90. The van der Waals surface area contributed by atoms with Crippen molar-refractivity contribution >= 4 is 11.7 Å². The van der Waals surface area contributed by atoms with Crippen LogP contribution >= 0.6 is 0 Å². The number of benzene rings is 1. The number of amides is 1. The average Bonchev–Trinajstić information content (AvgIpc) is 2.91. The Morgan fingerprint density at radius 3 is 2.50 bits per heavy atom. The molecule has 9 nitrogen and oxygen atoms in total. The van der Waals surface area contributed by atoms with Crippen LogP contribution in [0.1, 0.15) is 16.2 Å². The van der Waals surface area contributed by atoms with Gasteiger partial charge in [0.2, 0.25) is 0 Å². The van der Waals surface area contributed by atoms with Gasteiger partial charge in [0.1, 0.15) is 11.9 Å². The number of rotatable bonds is 5. The summed E-state index contributed by atoms with van der Waals surface area (Å²) in [6, 6.07) is 4.68. The molecular formula is C12H9F3N4O5. The summed E-state index contributed by atoms with van der Waals surface area (Å²) in [6.07, 6.45) is -3.86. The maximum absolute atomic E-state index is 12.1. The van der Waals surface area contributed by atoms with Crippen LogP contribution in [0, 0.1) is 10.1 Å². The van der Waals surface area contributed by atoms with Crippen LogP contribution in [0.25, 0.3) is 0 Å². The first-order valence-corrected chi connectivity index (χ1v) is 6.20. The number of hydrogen-bond acceptors (Lipinski definition) is 6. The summed E-state index contributed by atoms with van der Waals surface area (Å²) in [4.78, 5) is 24.8. The number of ether oxygens (including phenoxy) is 1. The molecule has 1 amide bonds. The van der Waals surface area contributed by atoms with Crippen molar-refractivity contribution < 1.29 is 32.8 Å². The normalized spacial score (nSPS) is 11.2. The fourth-order valence-corrected chi connectivity index (χ4v) is 1.84. The van der Waals surface area contributed by atoms with Crippen molar-refractivity contribution in [2.45, 2.75) is 12.9 Å². The Labute approximate surface area is 131 Å². The summed E-state index contributed by atoms with van der Waals surface area (Å²) >= 11 is 0. The third-order valence-electron chi connectivity index (χ3n) is 2.77. The van der Waals surface area contributed by atoms with E-state index in [0.717, 1.165) is 22.9 Å². The molecule has 0 aliphatic rings. The van der Waals surface area contributed by atoms with Gasteiger partial charge in [-0.1, -0.05) is 12.1 Å². The number of nitrogens with zero attached hydrogens (tertiary/aromatic N) is 3. The zero-order valence-corrected chi connectivity index (χ0v) is 11.6. The number of hydrogen-bond donors (Lipinski definition) is 2. The SMILES string of the molecule is O=C(NO)c1nc([N+](=O)[O-])cn1Cc1ccc(OC(F)(F)F)cc1. The maximum Gasteiger partial charge on any atom is 0.573 e. The van der Waals surface area contributed by atoms with E-state index < -0.39 is 34.6 Å². The van der Waals surface area contributed by atoms with Crippen LogP contribution in [0.2, 0.25) is 0 Å². The van der Waals surface area contributed by atoms with Crippen LogP contribution < -0.4 is 10.2 Å². The summed E-state index contributed by atoms with van der Waals surface area (Å²) in [5.41, 5.74) is 1.72. The largest absolute Gasteiger partial charge is 0.573 e. The van der Waals surface area contributed by atoms with Gasteiger partial charge in [-0.3, -0.25) is 14.6 Å². The monoisotopic (exact) mass is 346 g/mol. The van der Waals surface area contributed by atoms with Crippen LogP contribution in [0.5, 0.6) is 5.75 Å². The predicted molar refractivity (Wildman–Crippen MR) is 70.4 cm³/mol. The molecule has 1 aromatic carbocycles. The minimum absolute atomic E-state index is 0.101. The van der Waals surface area contributed by atoms with Gasteiger partial charge >= 0.3 is 23.9 Å².